The minimum absolute atomic E-state index is 0.357. The number of hydrogen-bond donors (Lipinski definition) is 0. The van der Waals surface area contributed by atoms with Gasteiger partial charge in [-0.3, -0.25) is 0 Å². The molecule has 2 aromatic carbocycles. The minimum atomic E-state index is -0.445. The van der Waals surface area contributed by atoms with Gasteiger partial charge in [-0.1, -0.05) is 61.7 Å². The molecule has 0 spiro atoms. The summed E-state index contributed by atoms with van der Waals surface area (Å²) in [5, 5.41) is 2.46. The molecule has 0 amide bonds. The average Bonchev–Trinajstić information content (AvgIpc) is 2.96. The highest BCUT2D eigenvalue weighted by Crippen LogP contribution is 2.28. The predicted molar refractivity (Wildman–Crippen MR) is 108 cm³/mol. The monoisotopic (exact) mass is 343 g/mol. The molecule has 130 valence electrons. The fourth-order valence-electron chi connectivity index (χ4n) is 2.91. The zero-order valence-corrected chi connectivity index (χ0v) is 14.8. The van der Waals surface area contributed by atoms with Crippen LogP contribution >= 0.6 is 0 Å². The Kier molecular flexibility index (Phi) is 5.18. The average molecular weight is 343 g/mol. The number of carbonyl (C=O) groups is 1. The molecule has 0 aliphatic carbocycles. The first-order chi connectivity index (χ1) is 12.6. The van der Waals surface area contributed by atoms with Crippen molar-refractivity contribution >= 4 is 27.8 Å². The number of allylic oxidation sites excluding steroid dienone is 4. The van der Waals surface area contributed by atoms with Gasteiger partial charge in [-0.05, 0) is 31.2 Å². The molecule has 3 aromatic rings. The summed E-state index contributed by atoms with van der Waals surface area (Å²) in [4.78, 5) is 11.7. The Hall–Kier alpha value is -3.33. The van der Waals surface area contributed by atoms with E-state index in [0.717, 1.165) is 0 Å². The lowest BCUT2D eigenvalue weighted by Crippen LogP contribution is -2.03. The maximum absolute atomic E-state index is 11.7. The number of rotatable bonds is 6. The van der Waals surface area contributed by atoms with E-state index in [-0.39, 0.29) is 0 Å². The Labute approximate surface area is 153 Å². The van der Waals surface area contributed by atoms with Crippen molar-refractivity contribution < 1.29 is 9.53 Å². The van der Waals surface area contributed by atoms with Gasteiger partial charge in [-0.2, -0.15) is 0 Å². The Balaban J connectivity index is 1.92. The molecular formula is C23H21NO2. The van der Waals surface area contributed by atoms with Crippen LogP contribution in [0.5, 0.6) is 0 Å². The fraction of sp³-hybridized carbons (Fsp3) is 0.0870. The van der Waals surface area contributed by atoms with Crippen LogP contribution in [0.25, 0.3) is 21.8 Å². The van der Waals surface area contributed by atoms with Crippen LogP contribution in [0, 0.1) is 0 Å². The van der Waals surface area contributed by atoms with Gasteiger partial charge in [0.05, 0.1) is 0 Å². The molecule has 0 saturated carbocycles. The molecule has 0 fully saturated rings. The zero-order chi connectivity index (χ0) is 18.5. The first-order valence-corrected chi connectivity index (χ1v) is 8.44. The van der Waals surface area contributed by atoms with Crippen molar-refractivity contribution in [3.05, 3.63) is 97.3 Å². The summed E-state index contributed by atoms with van der Waals surface area (Å²) in [6.45, 7) is 9.55. The van der Waals surface area contributed by atoms with Crippen molar-refractivity contribution in [2.75, 3.05) is 0 Å². The summed E-state index contributed by atoms with van der Waals surface area (Å²) in [6.07, 6.45) is 7.00. The van der Waals surface area contributed by atoms with Gasteiger partial charge in [0.2, 0.25) is 0 Å². The van der Waals surface area contributed by atoms with E-state index in [1.54, 1.807) is 25.2 Å². The minimum Gasteiger partial charge on any atom is -0.423 e. The van der Waals surface area contributed by atoms with Crippen molar-refractivity contribution in [3.63, 3.8) is 0 Å². The second-order valence-corrected chi connectivity index (χ2v) is 6.02. The van der Waals surface area contributed by atoms with Crippen LogP contribution in [0.3, 0.4) is 0 Å². The summed E-state index contributed by atoms with van der Waals surface area (Å²) < 4.78 is 7.55. The van der Waals surface area contributed by atoms with Crippen LogP contribution in [-0.4, -0.2) is 10.5 Å². The number of carbonyl (C=O) groups excluding carboxylic acids is 1. The fourth-order valence-corrected chi connectivity index (χ4v) is 2.91. The van der Waals surface area contributed by atoms with Crippen LogP contribution in [-0.2, 0) is 16.1 Å². The normalized spacial score (nSPS) is 12.0. The number of para-hydroxylation sites is 2. The Morgan fingerprint density at radius 1 is 1.08 bits per heavy atom. The molecule has 0 saturated heterocycles. The van der Waals surface area contributed by atoms with Crippen LogP contribution in [0.1, 0.15) is 6.92 Å². The Morgan fingerprint density at radius 3 is 2.19 bits per heavy atom. The third-order valence-corrected chi connectivity index (χ3v) is 4.09. The summed E-state index contributed by atoms with van der Waals surface area (Å²) in [7, 11) is 0. The van der Waals surface area contributed by atoms with Crippen molar-refractivity contribution in [1.82, 2.24) is 4.57 Å². The third-order valence-electron chi connectivity index (χ3n) is 4.09. The van der Waals surface area contributed by atoms with Gasteiger partial charge in [-0.15, -0.1) is 0 Å². The lowest BCUT2D eigenvalue weighted by atomic mass is 10.2. The molecule has 0 bridgehead atoms. The summed E-state index contributed by atoms with van der Waals surface area (Å²) in [5.41, 5.74) is 2.70. The topological polar surface area (TPSA) is 31.2 Å². The molecule has 0 N–H and O–H groups in total. The van der Waals surface area contributed by atoms with E-state index < -0.39 is 5.97 Å². The number of fused-ring (bicyclic) bond motifs is 3. The van der Waals surface area contributed by atoms with Crippen molar-refractivity contribution in [3.8, 4) is 0 Å². The maximum Gasteiger partial charge on any atom is 0.338 e. The van der Waals surface area contributed by atoms with E-state index in [0.29, 0.717) is 17.9 Å². The van der Waals surface area contributed by atoms with Crippen LogP contribution in [0.2, 0.25) is 0 Å². The second-order valence-electron chi connectivity index (χ2n) is 6.02. The highest BCUT2D eigenvalue weighted by Gasteiger charge is 2.08. The van der Waals surface area contributed by atoms with Crippen LogP contribution < -0.4 is 0 Å². The van der Waals surface area contributed by atoms with Crippen LogP contribution in [0.15, 0.2) is 97.3 Å². The highest BCUT2D eigenvalue weighted by atomic mass is 16.5. The number of nitrogens with zero attached hydrogens (tertiary/aromatic N) is 1. The largest absolute Gasteiger partial charge is 0.423 e. The number of benzene rings is 2. The Morgan fingerprint density at radius 2 is 1.65 bits per heavy atom. The Bertz CT molecular complexity index is 997. The van der Waals surface area contributed by atoms with E-state index >= 15 is 0 Å². The van der Waals surface area contributed by atoms with Crippen molar-refractivity contribution in [2.24, 2.45) is 0 Å². The lowest BCUT2D eigenvalue weighted by Gasteiger charge is -2.06. The van der Waals surface area contributed by atoms with Gasteiger partial charge in [0.25, 0.3) is 0 Å². The van der Waals surface area contributed by atoms with Gasteiger partial charge in [0, 0.05) is 33.9 Å². The quantitative estimate of drug-likeness (QED) is 0.255. The predicted octanol–water partition coefficient (Wildman–Crippen LogP) is 5.54. The van der Waals surface area contributed by atoms with Crippen LogP contribution in [0.4, 0.5) is 0 Å². The molecule has 1 aromatic heterocycles. The first kappa shape index (κ1) is 17.5. The van der Waals surface area contributed by atoms with E-state index in [1.807, 2.05) is 18.2 Å². The standard InChI is InChI=1S/C23H21NO2/c1-4-10-18(26-23(25)17(2)3)11-9-16-24-21-14-7-5-12-19(21)20-13-6-8-15-22(20)24/h4-15H,1-2,16H2,3H3. The van der Waals surface area contributed by atoms with Gasteiger partial charge >= 0.3 is 5.97 Å². The number of esters is 1. The molecule has 0 aliphatic rings. The summed E-state index contributed by atoms with van der Waals surface area (Å²) >= 11 is 0. The lowest BCUT2D eigenvalue weighted by molar-refractivity contribution is -0.134. The number of aromatic nitrogens is 1. The van der Waals surface area contributed by atoms with Gasteiger partial charge in [-0.25, -0.2) is 4.79 Å². The second kappa shape index (κ2) is 7.70. The maximum atomic E-state index is 11.7. The van der Waals surface area contributed by atoms with E-state index in [2.05, 4.69) is 54.1 Å². The van der Waals surface area contributed by atoms with Gasteiger partial charge in [0.15, 0.2) is 0 Å². The smallest absolute Gasteiger partial charge is 0.338 e. The van der Waals surface area contributed by atoms with Crippen molar-refractivity contribution in [2.45, 2.75) is 13.5 Å². The molecule has 26 heavy (non-hydrogen) atoms. The summed E-state index contributed by atoms with van der Waals surface area (Å²) in [6, 6.07) is 16.7. The number of hydrogen-bond acceptors (Lipinski definition) is 2. The SMILES string of the molecule is C=CC=C(C=CCn1c2ccccc2c2ccccc21)OC(=O)C(=C)C. The third kappa shape index (κ3) is 3.52. The number of ether oxygens (including phenoxy) is 1. The van der Waals surface area contributed by atoms with Gasteiger partial charge in [0.1, 0.15) is 5.76 Å². The van der Waals surface area contributed by atoms with Crippen molar-refractivity contribution in [1.29, 1.82) is 0 Å². The molecule has 0 atom stereocenters. The molecule has 0 aliphatic heterocycles. The summed E-state index contributed by atoms with van der Waals surface area (Å²) in [5.74, 6) is -0.00613. The van der Waals surface area contributed by atoms with E-state index in [4.69, 9.17) is 4.74 Å². The molecule has 3 nitrogen and oxygen atoms in total. The first-order valence-electron chi connectivity index (χ1n) is 8.44. The van der Waals surface area contributed by atoms with E-state index in [1.165, 1.54) is 21.8 Å². The molecule has 3 rings (SSSR count). The molecule has 1 heterocycles. The molecule has 0 unspecified atom stereocenters. The zero-order valence-electron chi connectivity index (χ0n) is 14.8. The van der Waals surface area contributed by atoms with Gasteiger partial charge < -0.3 is 9.30 Å². The molecule has 3 heteroatoms. The van der Waals surface area contributed by atoms with E-state index in [9.17, 15) is 4.79 Å². The molecule has 0 radical (unpaired) electrons. The highest BCUT2D eigenvalue weighted by molar-refractivity contribution is 6.07. The molecular weight excluding hydrogens is 322 g/mol.